The zero-order valence-corrected chi connectivity index (χ0v) is 15.3. The highest BCUT2D eigenvalue weighted by atomic mass is 32.1. The summed E-state index contributed by atoms with van der Waals surface area (Å²) in [6, 6.07) is 12.5. The second-order valence-electron chi connectivity index (χ2n) is 6.18. The van der Waals surface area contributed by atoms with Crippen molar-refractivity contribution in [2.45, 2.75) is 45.6 Å². The molecule has 1 aromatic heterocycles. The minimum Gasteiger partial charge on any atom is -0.494 e. The van der Waals surface area contributed by atoms with Crippen LogP contribution in [0.1, 0.15) is 49.2 Å². The Labute approximate surface area is 148 Å². The van der Waals surface area contributed by atoms with Crippen molar-refractivity contribution in [1.29, 1.82) is 0 Å². The van der Waals surface area contributed by atoms with Gasteiger partial charge in [-0.25, -0.2) is 0 Å². The quantitative estimate of drug-likeness (QED) is 0.745. The normalized spacial score (nSPS) is 17.8. The Kier molecular flexibility index (Phi) is 5.56. The SMILES string of the molecule is CCOc1ccc(-c2ccc(C(=O)N3CCCC[C@@H]3CC)s2)cc1. The molecule has 4 heteroatoms. The molecule has 1 aliphatic heterocycles. The van der Waals surface area contributed by atoms with Gasteiger partial charge < -0.3 is 9.64 Å². The van der Waals surface area contributed by atoms with Crippen molar-refractivity contribution in [3.05, 3.63) is 41.3 Å². The van der Waals surface area contributed by atoms with Gasteiger partial charge in [-0.15, -0.1) is 11.3 Å². The first kappa shape index (κ1) is 17.0. The molecule has 24 heavy (non-hydrogen) atoms. The Morgan fingerprint density at radius 3 is 2.67 bits per heavy atom. The van der Waals surface area contributed by atoms with Gasteiger partial charge in [-0.05, 0) is 74.6 Å². The Hall–Kier alpha value is -1.81. The summed E-state index contributed by atoms with van der Waals surface area (Å²) in [6.45, 7) is 5.73. The molecule has 1 saturated heterocycles. The number of hydrogen-bond donors (Lipinski definition) is 0. The summed E-state index contributed by atoms with van der Waals surface area (Å²) in [7, 11) is 0. The van der Waals surface area contributed by atoms with Crippen LogP contribution in [-0.4, -0.2) is 30.0 Å². The van der Waals surface area contributed by atoms with Crippen LogP contribution in [0, 0.1) is 0 Å². The van der Waals surface area contributed by atoms with Gasteiger partial charge in [-0.2, -0.15) is 0 Å². The van der Waals surface area contributed by atoms with Crippen molar-refractivity contribution in [2.24, 2.45) is 0 Å². The molecule has 0 N–H and O–H groups in total. The molecule has 0 unspecified atom stereocenters. The van der Waals surface area contributed by atoms with Crippen molar-refractivity contribution >= 4 is 17.2 Å². The molecular formula is C20H25NO2S. The first-order chi connectivity index (χ1) is 11.7. The number of ether oxygens (including phenoxy) is 1. The number of nitrogens with zero attached hydrogens (tertiary/aromatic N) is 1. The Bertz CT molecular complexity index is 677. The fourth-order valence-electron chi connectivity index (χ4n) is 3.32. The van der Waals surface area contributed by atoms with E-state index in [4.69, 9.17) is 4.74 Å². The van der Waals surface area contributed by atoms with Crippen LogP contribution in [0.3, 0.4) is 0 Å². The molecule has 0 saturated carbocycles. The van der Waals surface area contributed by atoms with Crippen molar-refractivity contribution in [2.75, 3.05) is 13.2 Å². The van der Waals surface area contributed by atoms with Gasteiger partial charge in [0.05, 0.1) is 11.5 Å². The number of carbonyl (C=O) groups excluding carboxylic acids is 1. The fourth-order valence-corrected chi connectivity index (χ4v) is 4.29. The van der Waals surface area contributed by atoms with Crippen molar-refractivity contribution in [1.82, 2.24) is 4.90 Å². The largest absolute Gasteiger partial charge is 0.494 e. The second kappa shape index (κ2) is 7.84. The van der Waals surface area contributed by atoms with Crippen molar-refractivity contribution in [3.63, 3.8) is 0 Å². The molecule has 3 rings (SSSR count). The summed E-state index contributed by atoms with van der Waals surface area (Å²) < 4.78 is 5.49. The first-order valence-electron chi connectivity index (χ1n) is 8.87. The molecule has 2 heterocycles. The van der Waals surface area contributed by atoms with Crippen LogP contribution in [0.25, 0.3) is 10.4 Å². The molecule has 0 radical (unpaired) electrons. The van der Waals surface area contributed by atoms with Gasteiger partial charge in [0.15, 0.2) is 0 Å². The van der Waals surface area contributed by atoms with Crippen LogP contribution in [0.4, 0.5) is 0 Å². The minimum absolute atomic E-state index is 0.198. The summed E-state index contributed by atoms with van der Waals surface area (Å²) in [5.74, 6) is 1.08. The number of hydrogen-bond acceptors (Lipinski definition) is 3. The van der Waals surface area contributed by atoms with Crippen LogP contribution in [0.15, 0.2) is 36.4 Å². The Morgan fingerprint density at radius 2 is 1.96 bits per heavy atom. The Balaban J connectivity index is 1.75. The number of amides is 1. The molecule has 0 spiro atoms. The van der Waals surface area contributed by atoms with Crippen LogP contribution < -0.4 is 4.74 Å². The predicted octanol–water partition coefficient (Wildman–Crippen LogP) is 5.22. The smallest absolute Gasteiger partial charge is 0.264 e. The topological polar surface area (TPSA) is 29.5 Å². The van der Waals surface area contributed by atoms with Gasteiger partial charge in [-0.1, -0.05) is 6.92 Å². The molecule has 0 bridgehead atoms. The number of likely N-dealkylation sites (tertiary alicyclic amines) is 1. The van der Waals surface area contributed by atoms with Gasteiger partial charge in [0.25, 0.3) is 5.91 Å². The maximum atomic E-state index is 12.9. The standard InChI is InChI=1S/C20H25NO2S/c1-3-16-7-5-6-14-21(16)20(22)19-13-12-18(24-19)15-8-10-17(11-9-15)23-4-2/h8-13,16H,3-7,14H2,1-2H3/t16-/m0/s1. The second-order valence-corrected chi connectivity index (χ2v) is 7.26. The summed E-state index contributed by atoms with van der Waals surface area (Å²) in [5, 5.41) is 0. The molecule has 1 aromatic carbocycles. The van der Waals surface area contributed by atoms with Gasteiger partial charge in [-0.3, -0.25) is 4.79 Å². The van der Waals surface area contributed by atoms with E-state index >= 15 is 0 Å². The third-order valence-electron chi connectivity index (χ3n) is 4.63. The molecule has 1 fully saturated rings. The van der Waals surface area contributed by atoms with Gasteiger partial charge >= 0.3 is 0 Å². The molecule has 2 aromatic rings. The number of rotatable bonds is 5. The molecule has 0 aliphatic carbocycles. The van der Waals surface area contributed by atoms with E-state index in [0.29, 0.717) is 12.6 Å². The molecule has 1 amide bonds. The predicted molar refractivity (Wildman–Crippen MR) is 99.9 cm³/mol. The summed E-state index contributed by atoms with van der Waals surface area (Å²) >= 11 is 1.59. The van der Waals surface area contributed by atoms with E-state index in [2.05, 4.69) is 30.0 Å². The first-order valence-corrected chi connectivity index (χ1v) is 9.68. The average Bonchev–Trinajstić information content (AvgIpc) is 3.12. The van der Waals surface area contributed by atoms with E-state index < -0.39 is 0 Å². The zero-order valence-electron chi connectivity index (χ0n) is 14.5. The highest BCUT2D eigenvalue weighted by molar-refractivity contribution is 7.17. The van der Waals surface area contributed by atoms with E-state index in [1.807, 2.05) is 25.1 Å². The van der Waals surface area contributed by atoms with E-state index in [1.54, 1.807) is 11.3 Å². The highest BCUT2D eigenvalue weighted by Gasteiger charge is 2.27. The Morgan fingerprint density at radius 1 is 1.17 bits per heavy atom. The summed E-state index contributed by atoms with van der Waals surface area (Å²) in [4.78, 5) is 16.9. The van der Waals surface area contributed by atoms with E-state index in [0.717, 1.165) is 46.9 Å². The van der Waals surface area contributed by atoms with Crippen LogP contribution >= 0.6 is 11.3 Å². The molecular weight excluding hydrogens is 318 g/mol. The minimum atomic E-state index is 0.198. The molecule has 128 valence electrons. The average molecular weight is 343 g/mol. The van der Waals surface area contributed by atoms with Crippen LogP contribution in [0.5, 0.6) is 5.75 Å². The van der Waals surface area contributed by atoms with E-state index in [-0.39, 0.29) is 5.91 Å². The lowest BCUT2D eigenvalue weighted by Crippen LogP contribution is -2.43. The van der Waals surface area contributed by atoms with E-state index in [1.165, 1.54) is 6.42 Å². The molecule has 1 aliphatic rings. The maximum absolute atomic E-state index is 12.9. The summed E-state index contributed by atoms with van der Waals surface area (Å²) in [5.41, 5.74) is 1.13. The van der Waals surface area contributed by atoms with Gasteiger partial charge in [0.1, 0.15) is 5.75 Å². The van der Waals surface area contributed by atoms with E-state index in [9.17, 15) is 4.79 Å². The third kappa shape index (κ3) is 3.64. The lowest BCUT2D eigenvalue weighted by Gasteiger charge is -2.35. The van der Waals surface area contributed by atoms with Crippen molar-refractivity contribution < 1.29 is 9.53 Å². The van der Waals surface area contributed by atoms with Crippen LogP contribution in [-0.2, 0) is 0 Å². The van der Waals surface area contributed by atoms with Crippen molar-refractivity contribution in [3.8, 4) is 16.2 Å². The lowest BCUT2D eigenvalue weighted by atomic mass is 10.00. The monoisotopic (exact) mass is 343 g/mol. The number of carbonyl (C=O) groups is 1. The lowest BCUT2D eigenvalue weighted by molar-refractivity contribution is 0.0613. The zero-order chi connectivity index (χ0) is 16.9. The maximum Gasteiger partial charge on any atom is 0.264 e. The molecule has 3 nitrogen and oxygen atoms in total. The number of piperidine rings is 1. The molecule has 1 atom stereocenters. The summed E-state index contributed by atoms with van der Waals surface area (Å²) in [6.07, 6.45) is 4.55. The fraction of sp³-hybridized carbons (Fsp3) is 0.450. The van der Waals surface area contributed by atoms with Gasteiger partial charge in [0, 0.05) is 17.5 Å². The highest BCUT2D eigenvalue weighted by Crippen LogP contribution is 2.31. The third-order valence-corrected chi connectivity index (χ3v) is 5.75. The van der Waals surface area contributed by atoms with Crippen LogP contribution in [0.2, 0.25) is 0 Å². The van der Waals surface area contributed by atoms with Gasteiger partial charge in [0.2, 0.25) is 0 Å². The number of thiophene rings is 1. The number of benzene rings is 1.